The van der Waals surface area contributed by atoms with Crippen molar-refractivity contribution in [2.75, 3.05) is 17.2 Å². The van der Waals surface area contributed by atoms with Gasteiger partial charge in [-0.15, -0.1) is 0 Å². The second kappa shape index (κ2) is 9.94. The van der Waals surface area contributed by atoms with Crippen molar-refractivity contribution in [1.29, 1.82) is 0 Å². The Morgan fingerprint density at radius 3 is 2.23 bits per heavy atom. The summed E-state index contributed by atoms with van der Waals surface area (Å²) in [5.74, 6) is -0.294. The minimum absolute atomic E-state index is 0.0999. The van der Waals surface area contributed by atoms with Crippen LogP contribution in [0, 0.1) is 20.8 Å². The monoisotopic (exact) mass is 415 g/mol. The number of benzene rings is 3. The van der Waals surface area contributed by atoms with Crippen molar-refractivity contribution < 1.29 is 9.59 Å². The number of nitrogens with one attached hydrogen (secondary N) is 3. The molecule has 0 saturated carbocycles. The Morgan fingerprint density at radius 2 is 1.55 bits per heavy atom. The summed E-state index contributed by atoms with van der Waals surface area (Å²) in [6.07, 6.45) is 0. The summed E-state index contributed by atoms with van der Waals surface area (Å²) in [6.45, 7) is 8.08. The predicted molar refractivity (Wildman–Crippen MR) is 127 cm³/mol. The van der Waals surface area contributed by atoms with Gasteiger partial charge in [-0.25, -0.2) is 0 Å². The first kappa shape index (κ1) is 22.1. The molecule has 5 heteroatoms. The van der Waals surface area contributed by atoms with Crippen LogP contribution in [0.2, 0.25) is 0 Å². The first-order valence-electron chi connectivity index (χ1n) is 10.4. The highest BCUT2D eigenvalue weighted by molar-refractivity contribution is 5.97. The van der Waals surface area contributed by atoms with Crippen molar-refractivity contribution in [1.82, 2.24) is 5.32 Å². The molecule has 0 saturated heterocycles. The number of rotatable bonds is 7. The number of carbonyl (C=O) groups excluding carboxylic acids is 2. The lowest BCUT2D eigenvalue weighted by Crippen LogP contribution is -2.27. The lowest BCUT2D eigenvalue weighted by Gasteiger charge is -2.15. The third-order valence-electron chi connectivity index (χ3n) is 5.17. The largest absolute Gasteiger partial charge is 0.376 e. The van der Waals surface area contributed by atoms with Crippen molar-refractivity contribution >= 4 is 23.2 Å². The molecule has 0 aliphatic rings. The molecule has 0 spiro atoms. The molecule has 1 unspecified atom stereocenters. The molecule has 1 atom stereocenters. The van der Waals surface area contributed by atoms with Gasteiger partial charge >= 0.3 is 0 Å². The van der Waals surface area contributed by atoms with Crippen molar-refractivity contribution in [3.8, 4) is 0 Å². The zero-order valence-electron chi connectivity index (χ0n) is 18.5. The minimum Gasteiger partial charge on any atom is -0.376 e. The summed E-state index contributed by atoms with van der Waals surface area (Å²) in [7, 11) is 0. The van der Waals surface area contributed by atoms with Gasteiger partial charge in [0.25, 0.3) is 5.91 Å². The number of hydrogen-bond donors (Lipinski definition) is 3. The fourth-order valence-corrected chi connectivity index (χ4v) is 3.62. The summed E-state index contributed by atoms with van der Waals surface area (Å²) in [4.78, 5) is 25.1. The number of carbonyl (C=O) groups is 2. The van der Waals surface area contributed by atoms with Gasteiger partial charge in [-0.05, 0) is 62.6 Å². The summed E-state index contributed by atoms with van der Waals surface area (Å²) < 4.78 is 0. The Hall–Kier alpha value is -3.60. The van der Waals surface area contributed by atoms with Crippen LogP contribution in [-0.2, 0) is 4.79 Å². The summed E-state index contributed by atoms with van der Waals surface area (Å²) in [5, 5.41) is 9.09. The van der Waals surface area contributed by atoms with Crippen molar-refractivity contribution in [2.24, 2.45) is 0 Å². The van der Waals surface area contributed by atoms with Gasteiger partial charge in [0.2, 0.25) is 5.91 Å². The average molecular weight is 416 g/mol. The highest BCUT2D eigenvalue weighted by atomic mass is 16.2. The predicted octanol–water partition coefficient (Wildman–Crippen LogP) is 5.15. The van der Waals surface area contributed by atoms with Crippen LogP contribution in [0.4, 0.5) is 11.4 Å². The van der Waals surface area contributed by atoms with Gasteiger partial charge < -0.3 is 16.0 Å². The van der Waals surface area contributed by atoms with Crippen LogP contribution >= 0.6 is 0 Å². The minimum atomic E-state index is -0.157. The van der Waals surface area contributed by atoms with E-state index in [0.29, 0.717) is 11.3 Å². The first-order valence-corrected chi connectivity index (χ1v) is 10.4. The summed E-state index contributed by atoms with van der Waals surface area (Å²) >= 11 is 0. The van der Waals surface area contributed by atoms with Crippen LogP contribution in [0.15, 0.2) is 66.7 Å². The zero-order valence-corrected chi connectivity index (χ0v) is 18.5. The van der Waals surface area contributed by atoms with E-state index in [0.717, 1.165) is 22.4 Å². The normalized spacial score (nSPS) is 11.5. The molecule has 3 aromatic rings. The van der Waals surface area contributed by atoms with Crippen molar-refractivity contribution in [3.63, 3.8) is 0 Å². The topological polar surface area (TPSA) is 70.2 Å². The van der Waals surface area contributed by atoms with Crippen LogP contribution in [0.1, 0.15) is 45.6 Å². The number of anilines is 2. The van der Waals surface area contributed by atoms with E-state index < -0.39 is 0 Å². The third kappa shape index (κ3) is 5.95. The molecule has 160 valence electrons. The maximum Gasteiger partial charge on any atom is 0.251 e. The third-order valence-corrected chi connectivity index (χ3v) is 5.17. The summed E-state index contributed by atoms with van der Waals surface area (Å²) in [6, 6.07) is 21.0. The van der Waals surface area contributed by atoms with Crippen LogP contribution in [0.25, 0.3) is 0 Å². The van der Waals surface area contributed by atoms with E-state index in [1.165, 1.54) is 5.56 Å². The van der Waals surface area contributed by atoms with E-state index in [1.54, 1.807) is 18.2 Å². The van der Waals surface area contributed by atoms with E-state index >= 15 is 0 Å². The molecule has 0 heterocycles. The Kier molecular flexibility index (Phi) is 7.08. The van der Waals surface area contributed by atoms with Crippen LogP contribution < -0.4 is 16.0 Å². The molecule has 0 aromatic heterocycles. The highest BCUT2D eigenvalue weighted by Gasteiger charge is 2.12. The molecular formula is C26H29N3O2. The van der Waals surface area contributed by atoms with Gasteiger partial charge in [0.15, 0.2) is 0 Å². The maximum atomic E-state index is 12.6. The van der Waals surface area contributed by atoms with Crippen LogP contribution in [-0.4, -0.2) is 18.4 Å². The average Bonchev–Trinajstić information content (AvgIpc) is 2.75. The number of aryl methyl sites for hydroxylation is 3. The Bertz CT molecular complexity index is 1050. The number of amides is 2. The fourth-order valence-electron chi connectivity index (χ4n) is 3.62. The van der Waals surface area contributed by atoms with Crippen molar-refractivity contribution in [3.05, 3.63) is 94.5 Å². The van der Waals surface area contributed by atoms with E-state index in [4.69, 9.17) is 0 Å². The molecule has 3 N–H and O–H groups in total. The lowest BCUT2D eigenvalue weighted by molar-refractivity contribution is -0.114. The molecule has 0 aliphatic heterocycles. The van der Waals surface area contributed by atoms with E-state index in [-0.39, 0.29) is 24.4 Å². The molecule has 0 aliphatic carbocycles. The molecule has 0 fully saturated rings. The molecule has 31 heavy (non-hydrogen) atoms. The molecular weight excluding hydrogens is 386 g/mol. The lowest BCUT2D eigenvalue weighted by atomic mass is 10.1. The smallest absolute Gasteiger partial charge is 0.251 e. The zero-order chi connectivity index (χ0) is 22.4. The van der Waals surface area contributed by atoms with E-state index in [1.807, 2.05) is 64.1 Å². The molecule has 0 bridgehead atoms. The van der Waals surface area contributed by atoms with E-state index in [9.17, 15) is 9.59 Å². The molecule has 2 amide bonds. The highest BCUT2D eigenvalue weighted by Crippen LogP contribution is 2.22. The van der Waals surface area contributed by atoms with Gasteiger partial charge in [-0.3, -0.25) is 9.59 Å². The van der Waals surface area contributed by atoms with Gasteiger partial charge in [-0.1, -0.05) is 54.1 Å². The van der Waals surface area contributed by atoms with Gasteiger partial charge in [-0.2, -0.15) is 0 Å². The molecule has 3 aromatic carbocycles. The van der Waals surface area contributed by atoms with Crippen LogP contribution in [0.3, 0.4) is 0 Å². The quantitative estimate of drug-likeness (QED) is 0.500. The van der Waals surface area contributed by atoms with Gasteiger partial charge in [0.1, 0.15) is 0 Å². The molecule has 5 nitrogen and oxygen atoms in total. The maximum absolute atomic E-state index is 12.6. The second-order valence-corrected chi connectivity index (χ2v) is 7.86. The summed E-state index contributed by atoms with van der Waals surface area (Å²) in [5.41, 5.74) is 6.40. The Labute approximate surface area is 183 Å². The standard InChI is InChI=1S/C26H29N3O2/c1-17-13-18(2)25(19(3)14-17)29-24(30)16-27-23-12-8-11-22(15-23)26(31)28-20(4)21-9-6-5-7-10-21/h5-15,20,27H,16H2,1-4H3,(H,28,31)(H,29,30). The van der Waals surface area contributed by atoms with E-state index in [2.05, 4.69) is 28.1 Å². The van der Waals surface area contributed by atoms with Crippen LogP contribution in [0.5, 0.6) is 0 Å². The Morgan fingerprint density at radius 1 is 0.871 bits per heavy atom. The first-order chi connectivity index (χ1) is 14.8. The van der Waals surface area contributed by atoms with Crippen molar-refractivity contribution in [2.45, 2.75) is 33.7 Å². The van der Waals surface area contributed by atoms with Gasteiger partial charge in [0.05, 0.1) is 12.6 Å². The second-order valence-electron chi connectivity index (χ2n) is 7.86. The fraction of sp³-hybridized carbons (Fsp3) is 0.231. The number of hydrogen-bond acceptors (Lipinski definition) is 3. The SMILES string of the molecule is Cc1cc(C)c(NC(=O)CNc2cccc(C(=O)NC(C)c3ccccc3)c2)c(C)c1. The Balaban J connectivity index is 1.59. The van der Waals surface area contributed by atoms with Gasteiger partial charge in [0, 0.05) is 16.9 Å². The molecule has 3 rings (SSSR count). The molecule has 0 radical (unpaired) electrons.